The molecule has 0 saturated carbocycles. The molecule has 0 aromatic heterocycles. The van der Waals surface area contributed by atoms with Gasteiger partial charge in [0.2, 0.25) is 15.9 Å². The molecule has 0 N–H and O–H groups in total. The van der Waals surface area contributed by atoms with Gasteiger partial charge in [0.15, 0.2) is 0 Å². The lowest BCUT2D eigenvalue weighted by atomic mass is 9.96. The number of nitro benzene ring substituents is 1. The molecule has 9 nitrogen and oxygen atoms in total. The van der Waals surface area contributed by atoms with E-state index >= 15 is 0 Å². The summed E-state index contributed by atoms with van der Waals surface area (Å²) in [6, 6.07) is 4.05. The number of anilines is 1. The van der Waals surface area contributed by atoms with E-state index in [-0.39, 0.29) is 22.4 Å². The first kappa shape index (κ1) is 23.5. The molecule has 31 heavy (non-hydrogen) atoms. The van der Waals surface area contributed by atoms with Crippen LogP contribution in [0.4, 0.5) is 11.4 Å². The number of hydrogen-bond donors (Lipinski definition) is 0. The first-order chi connectivity index (χ1) is 14.8. The molecule has 2 aliphatic heterocycles. The van der Waals surface area contributed by atoms with Gasteiger partial charge >= 0.3 is 0 Å². The molecular formula is C21H32N4O5S. The Bertz CT molecular complexity index is 910. The van der Waals surface area contributed by atoms with Crippen molar-refractivity contribution in [3.05, 3.63) is 28.3 Å². The van der Waals surface area contributed by atoms with Crippen LogP contribution in [0.15, 0.2) is 23.1 Å². The van der Waals surface area contributed by atoms with Gasteiger partial charge in [-0.05, 0) is 45.6 Å². The van der Waals surface area contributed by atoms with E-state index < -0.39 is 14.9 Å². The topological polar surface area (TPSA) is 104 Å². The quantitative estimate of drug-likeness (QED) is 0.465. The first-order valence-corrected chi connectivity index (χ1v) is 12.6. The van der Waals surface area contributed by atoms with Gasteiger partial charge in [0.05, 0.1) is 16.5 Å². The molecule has 0 spiro atoms. The molecule has 172 valence electrons. The third-order valence-corrected chi connectivity index (χ3v) is 8.20. The summed E-state index contributed by atoms with van der Waals surface area (Å²) in [6.45, 7) is 7.04. The maximum absolute atomic E-state index is 13.4. The molecule has 1 atom stereocenters. The number of piperidine rings is 2. The molecule has 2 heterocycles. The number of rotatable bonds is 7. The second-order valence-corrected chi connectivity index (χ2v) is 10.1. The van der Waals surface area contributed by atoms with Gasteiger partial charge < -0.3 is 9.80 Å². The largest absolute Gasteiger partial charge is 0.370 e. The molecule has 2 saturated heterocycles. The van der Waals surface area contributed by atoms with Crippen LogP contribution in [0.5, 0.6) is 0 Å². The zero-order chi connectivity index (χ0) is 22.6. The summed E-state index contributed by atoms with van der Waals surface area (Å²) < 4.78 is 28.3. The molecule has 1 aromatic carbocycles. The average Bonchev–Trinajstić information content (AvgIpc) is 2.80. The van der Waals surface area contributed by atoms with Gasteiger partial charge in [0.1, 0.15) is 4.90 Å². The van der Waals surface area contributed by atoms with Crippen LogP contribution in [0.2, 0.25) is 0 Å². The van der Waals surface area contributed by atoms with Crippen LogP contribution in [0, 0.1) is 16.0 Å². The Morgan fingerprint density at radius 2 is 1.81 bits per heavy atom. The van der Waals surface area contributed by atoms with Crippen molar-refractivity contribution >= 4 is 27.3 Å². The lowest BCUT2D eigenvalue weighted by Gasteiger charge is -2.37. The Balaban J connectivity index is 1.96. The molecule has 1 aromatic rings. The molecule has 0 bridgehead atoms. The van der Waals surface area contributed by atoms with E-state index in [0.717, 1.165) is 32.1 Å². The summed E-state index contributed by atoms with van der Waals surface area (Å²) in [5.74, 6) is -0.133. The van der Waals surface area contributed by atoms with E-state index in [2.05, 4.69) is 0 Å². The average molecular weight is 453 g/mol. The number of amides is 1. The fourth-order valence-corrected chi connectivity index (χ4v) is 6.27. The van der Waals surface area contributed by atoms with Gasteiger partial charge in [-0.15, -0.1) is 0 Å². The minimum Gasteiger partial charge on any atom is -0.370 e. The van der Waals surface area contributed by atoms with Crippen LogP contribution in [0.1, 0.15) is 46.0 Å². The number of carbonyl (C=O) groups excluding carboxylic acids is 1. The predicted octanol–water partition coefficient (Wildman–Crippen LogP) is 2.85. The fourth-order valence-electron chi connectivity index (χ4n) is 4.52. The molecule has 10 heteroatoms. The van der Waals surface area contributed by atoms with E-state index in [0.29, 0.717) is 45.0 Å². The fraction of sp³-hybridized carbons (Fsp3) is 0.667. The van der Waals surface area contributed by atoms with Crippen LogP contribution < -0.4 is 4.90 Å². The Labute approximate surface area is 184 Å². The van der Waals surface area contributed by atoms with Crippen molar-refractivity contribution in [1.29, 1.82) is 0 Å². The van der Waals surface area contributed by atoms with E-state index in [9.17, 15) is 23.3 Å². The third-order valence-electron chi connectivity index (χ3n) is 6.27. The van der Waals surface area contributed by atoms with Crippen molar-refractivity contribution in [1.82, 2.24) is 9.21 Å². The molecule has 3 rings (SSSR count). The summed E-state index contributed by atoms with van der Waals surface area (Å²) in [7, 11) is -3.87. The monoisotopic (exact) mass is 452 g/mol. The summed E-state index contributed by atoms with van der Waals surface area (Å²) in [5, 5.41) is 11.4. The zero-order valence-electron chi connectivity index (χ0n) is 18.3. The lowest BCUT2D eigenvalue weighted by Crippen LogP contribution is -2.45. The molecule has 2 fully saturated rings. The molecule has 0 unspecified atom stereocenters. The minimum atomic E-state index is -3.87. The Morgan fingerprint density at radius 1 is 1.13 bits per heavy atom. The van der Waals surface area contributed by atoms with Crippen LogP contribution >= 0.6 is 0 Å². The number of carbonyl (C=O) groups is 1. The highest BCUT2D eigenvalue weighted by molar-refractivity contribution is 7.89. The maximum Gasteiger partial charge on any atom is 0.270 e. The lowest BCUT2D eigenvalue weighted by molar-refractivity contribution is -0.385. The van der Waals surface area contributed by atoms with Crippen molar-refractivity contribution in [2.75, 3.05) is 44.2 Å². The first-order valence-electron chi connectivity index (χ1n) is 11.1. The van der Waals surface area contributed by atoms with Gasteiger partial charge in [0.25, 0.3) is 5.69 Å². The van der Waals surface area contributed by atoms with E-state index in [1.54, 1.807) is 4.90 Å². The number of benzene rings is 1. The van der Waals surface area contributed by atoms with Crippen LogP contribution in [0.3, 0.4) is 0 Å². The zero-order valence-corrected chi connectivity index (χ0v) is 19.1. The van der Waals surface area contributed by atoms with Gasteiger partial charge in [0, 0.05) is 51.4 Å². The highest BCUT2D eigenvalue weighted by atomic mass is 32.2. The van der Waals surface area contributed by atoms with Crippen molar-refractivity contribution in [3.63, 3.8) is 0 Å². The number of non-ortho nitro benzene ring substituents is 1. The Morgan fingerprint density at radius 3 is 2.42 bits per heavy atom. The van der Waals surface area contributed by atoms with Crippen molar-refractivity contribution in [2.45, 2.75) is 50.8 Å². The Kier molecular flexibility index (Phi) is 7.53. The molecule has 1 amide bonds. The summed E-state index contributed by atoms with van der Waals surface area (Å²) >= 11 is 0. The summed E-state index contributed by atoms with van der Waals surface area (Å²) in [4.78, 5) is 27.4. The van der Waals surface area contributed by atoms with Crippen LogP contribution in [-0.4, -0.2) is 67.7 Å². The van der Waals surface area contributed by atoms with E-state index in [4.69, 9.17) is 0 Å². The number of hydrogen-bond acceptors (Lipinski definition) is 6. The number of sulfonamides is 1. The molecule has 2 aliphatic rings. The standard InChI is InChI=1S/C21H32N4O5S/c1-3-22(4-2)21(26)17-9-8-12-23(16-17)19-11-10-18(25(27)28)15-20(19)31(29,30)24-13-6-5-7-14-24/h10-11,15,17H,3-9,12-14,16H2,1-2H3/t17-/m0/s1. The smallest absolute Gasteiger partial charge is 0.270 e. The van der Waals surface area contributed by atoms with Gasteiger partial charge in [-0.1, -0.05) is 6.42 Å². The van der Waals surface area contributed by atoms with E-state index in [1.807, 2.05) is 18.7 Å². The van der Waals surface area contributed by atoms with Gasteiger partial charge in [-0.2, -0.15) is 4.31 Å². The maximum atomic E-state index is 13.4. The van der Waals surface area contributed by atoms with Gasteiger partial charge in [-0.25, -0.2) is 8.42 Å². The predicted molar refractivity (Wildman–Crippen MR) is 119 cm³/mol. The van der Waals surface area contributed by atoms with Crippen molar-refractivity contribution in [3.8, 4) is 0 Å². The third kappa shape index (κ3) is 5.01. The van der Waals surface area contributed by atoms with Gasteiger partial charge in [-0.3, -0.25) is 14.9 Å². The van der Waals surface area contributed by atoms with E-state index in [1.165, 1.54) is 22.5 Å². The summed E-state index contributed by atoms with van der Waals surface area (Å²) in [6.07, 6.45) is 4.07. The summed E-state index contributed by atoms with van der Waals surface area (Å²) in [5.41, 5.74) is 0.209. The minimum absolute atomic E-state index is 0.0282. The molecule has 0 radical (unpaired) electrons. The molecular weight excluding hydrogens is 420 g/mol. The van der Waals surface area contributed by atoms with Crippen LogP contribution in [-0.2, 0) is 14.8 Å². The van der Waals surface area contributed by atoms with Crippen molar-refractivity contribution < 1.29 is 18.1 Å². The second kappa shape index (κ2) is 9.95. The second-order valence-electron chi connectivity index (χ2n) is 8.17. The van der Waals surface area contributed by atoms with Crippen molar-refractivity contribution in [2.24, 2.45) is 5.92 Å². The molecule has 0 aliphatic carbocycles. The number of nitro groups is 1. The van der Waals surface area contributed by atoms with Crippen LogP contribution in [0.25, 0.3) is 0 Å². The normalized spacial score (nSPS) is 20.5. The number of nitrogens with zero attached hydrogens (tertiary/aromatic N) is 4. The Hall–Kier alpha value is -2.20. The SMILES string of the molecule is CCN(CC)C(=O)[C@H]1CCCN(c2ccc([N+](=O)[O-])cc2S(=O)(=O)N2CCCCC2)C1. The highest BCUT2D eigenvalue weighted by Crippen LogP contribution is 2.35. The highest BCUT2D eigenvalue weighted by Gasteiger charge is 2.34.